The van der Waals surface area contributed by atoms with E-state index in [4.69, 9.17) is 13.9 Å². The molecule has 0 saturated heterocycles. The number of aryl methyl sites for hydroxylation is 1. The zero-order valence-corrected chi connectivity index (χ0v) is 21.4. The highest BCUT2D eigenvalue weighted by Gasteiger charge is 2.25. The Morgan fingerprint density at radius 1 is 1.00 bits per heavy atom. The van der Waals surface area contributed by atoms with Gasteiger partial charge in [-0.3, -0.25) is 0 Å². The fraction of sp³-hybridized carbons (Fsp3) is 0.207. The Labute approximate surface area is 218 Å². The average Bonchev–Trinajstić information content (AvgIpc) is 2.92. The number of thioether (sulfide) groups is 1. The number of nitrogens with one attached hydrogen (secondary N) is 1. The van der Waals surface area contributed by atoms with E-state index in [0.29, 0.717) is 23.3 Å². The van der Waals surface area contributed by atoms with Gasteiger partial charge in [0.1, 0.15) is 24.0 Å². The lowest BCUT2D eigenvalue weighted by atomic mass is 10.0. The first-order valence-electron chi connectivity index (χ1n) is 11.8. The van der Waals surface area contributed by atoms with E-state index < -0.39 is 23.7 Å². The SMILES string of the molecule is CSCC[C@H](NC(=O)OCc1ccccc1)C(=O)Oc1ccc2c(-c3ccccc3)cc(=O)oc2c1C. The maximum Gasteiger partial charge on any atom is 0.408 e. The summed E-state index contributed by atoms with van der Waals surface area (Å²) in [6.07, 6.45) is 1.57. The molecule has 0 aliphatic carbocycles. The lowest BCUT2D eigenvalue weighted by molar-refractivity contribution is -0.136. The lowest BCUT2D eigenvalue weighted by Crippen LogP contribution is -2.43. The number of hydrogen-bond donors (Lipinski definition) is 1. The van der Waals surface area contributed by atoms with Gasteiger partial charge >= 0.3 is 17.7 Å². The summed E-state index contributed by atoms with van der Waals surface area (Å²) in [4.78, 5) is 37.8. The van der Waals surface area contributed by atoms with Gasteiger partial charge in [-0.1, -0.05) is 60.7 Å². The van der Waals surface area contributed by atoms with Crippen LogP contribution in [0.5, 0.6) is 5.75 Å². The zero-order chi connectivity index (χ0) is 26.2. The molecule has 1 aromatic heterocycles. The van der Waals surface area contributed by atoms with Crippen molar-refractivity contribution in [1.82, 2.24) is 5.32 Å². The van der Waals surface area contributed by atoms with Crippen LogP contribution in [0.3, 0.4) is 0 Å². The fourth-order valence-electron chi connectivity index (χ4n) is 3.88. The molecular formula is C29H27NO6S. The minimum absolute atomic E-state index is 0.0868. The van der Waals surface area contributed by atoms with E-state index in [0.717, 1.165) is 22.1 Å². The van der Waals surface area contributed by atoms with Gasteiger partial charge in [-0.15, -0.1) is 0 Å². The van der Waals surface area contributed by atoms with Gasteiger partial charge < -0.3 is 19.2 Å². The number of amides is 1. The van der Waals surface area contributed by atoms with E-state index in [1.807, 2.05) is 66.9 Å². The van der Waals surface area contributed by atoms with Crippen molar-refractivity contribution in [2.24, 2.45) is 0 Å². The summed E-state index contributed by atoms with van der Waals surface area (Å²) in [7, 11) is 0. The van der Waals surface area contributed by atoms with E-state index in [1.165, 1.54) is 6.07 Å². The summed E-state index contributed by atoms with van der Waals surface area (Å²) >= 11 is 1.55. The van der Waals surface area contributed by atoms with Crippen LogP contribution < -0.4 is 15.7 Å². The second kappa shape index (κ2) is 12.3. The molecule has 3 aromatic carbocycles. The Morgan fingerprint density at radius 3 is 2.41 bits per heavy atom. The van der Waals surface area contributed by atoms with Crippen molar-refractivity contribution in [2.45, 2.75) is 26.0 Å². The first-order chi connectivity index (χ1) is 18.0. The summed E-state index contributed by atoms with van der Waals surface area (Å²) in [6.45, 7) is 1.81. The predicted molar refractivity (Wildman–Crippen MR) is 145 cm³/mol. The highest BCUT2D eigenvalue weighted by Crippen LogP contribution is 2.33. The molecule has 0 unspecified atom stereocenters. The Kier molecular flexibility index (Phi) is 8.64. The summed E-state index contributed by atoms with van der Waals surface area (Å²) in [5.74, 6) is 0.249. The Bertz CT molecular complexity index is 1440. The molecule has 0 fully saturated rings. The first-order valence-corrected chi connectivity index (χ1v) is 13.2. The predicted octanol–water partition coefficient (Wildman–Crippen LogP) is 5.72. The normalized spacial score (nSPS) is 11.6. The summed E-state index contributed by atoms with van der Waals surface area (Å²) < 4.78 is 16.5. The van der Waals surface area contributed by atoms with Gasteiger partial charge in [0, 0.05) is 17.0 Å². The summed E-state index contributed by atoms with van der Waals surface area (Å²) in [6, 6.07) is 22.8. The van der Waals surface area contributed by atoms with Gasteiger partial charge in [0.25, 0.3) is 0 Å². The number of alkyl carbamates (subject to hydrolysis) is 1. The van der Waals surface area contributed by atoms with Crippen LogP contribution >= 0.6 is 11.8 Å². The number of rotatable bonds is 9. The number of carbonyl (C=O) groups excluding carboxylic acids is 2. The van der Waals surface area contributed by atoms with E-state index >= 15 is 0 Å². The van der Waals surface area contributed by atoms with Gasteiger partial charge in [0.2, 0.25) is 0 Å². The standard InChI is InChI=1S/C29H27NO6S/c1-19-25(14-13-22-23(17-26(31)36-27(19)22)21-11-7-4-8-12-21)35-28(32)24(15-16-37-2)30-29(33)34-18-20-9-5-3-6-10-20/h3-14,17,24H,15-16,18H2,1-2H3,(H,30,33)/t24-/m0/s1. The number of ether oxygens (including phenoxy) is 2. The van der Waals surface area contributed by atoms with Crippen molar-refractivity contribution in [1.29, 1.82) is 0 Å². The van der Waals surface area contributed by atoms with Gasteiger partial charge in [-0.25, -0.2) is 14.4 Å². The van der Waals surface area contributed by atoms with Crippen LogP contribution in [0, 0.1) is 6.92 Å². The number of esters is 1. The lowest BCUT2D eigenvalue weighted by Gasteiger charge is -2.18. The van der Waals surface area contributed by atoms with Gasteiger partial charge in [-0.2, -0.15) is 11.8 Å². The molecule has 190 valence electrons. The number of fused-ring (bicyclic) bond motifs is 1. The fourth-order valence-corrected chi connectivity index (χ4v) is 4.35. The monoisotopic (exact) mass is 517 g/mol. The van der Waals surface area contributed by atoms with Crippen LogP contribution in [0.2, 0.25) is 0 Å². The van der Waals surface area contributed by atoms with Crippen molar-refractivity contribution in [3.05, 3.63) is 100 Å². The molecule has 4 aromatic rings. The van der Waals surface area contributed by atoms with E-state index in [1.54, 1.807) is 30.8 Å². The van der Waals surface area contributed by atoms with E-state index in [-0.39, 0.29) is 12.4 Å². The van der Waals surface area contributed by atoms with Crippen molar-refractivity contribution in [2.75, 3.05) is 12.0 Å². The second-order valence-corrected chi connectivity index (χ2v) is 9.36. The van der Waals surface area contributed by atoms with Crippen LogP contribution in [-0.4, -0.2) is 30.1 Å². The molecule has 0 bridgehead atoms. The van der Waals surface area contributed by atoms with Gasteiger partial charge in [-0.05, 0) is 54.2 Å². The molecule has 37 heavy (non-hydrogen) atoms. The third-order valence-electron chi connectivity index (χ3n) is 5.81. The van der Waals surface area contributed by atoms with Crippen LogP contribution in [0.1, 0.15) is 17.5 Å². The molecule has 0 spiro atoms. The summed E-state index contributed by atoms with van der Waals surface area (Å²) in [5, 5.41) is 3.34. The smallest absolute Gasteiger partial charge is 0.408 e. The minimum atomic E-state index is -0.909. The van der Waals surface area contributed by atoms with Gasteiger partial charge in [0.15, 0.2) is 0 Å². The number of carbonyl (C=O) groups is 2. The Morgan fingerprint density at radius 2 is 1.70 bits per heavy atom. The van der Waals surface area contributed by atoms with Crippen molar-refractivity contribution in [3.63, 3.8) is 0 Å². The third-order valence-corrected chi connectivity index (χ3v) is 6.45. The topological polar surface area (TPSA) is 94.8 Å². The zero-order valence-electron chi connectivity index (χ0n) is 20.6. The molecule has 0 saturated carbocycles. The third kappa shape index (κ3) is 6.59. The number of benzene rings is 3. The molecule has 1 N–H and O–H groups in total. The highest BCUT2D eigenvalue weighted by molar-refractivity contribution is 7.98. The van der Waals surface area contributed by atoms with E-state index in [2.05, 4.69) is 5.32 Å². The van der Waals surface area contributed by atoms with Crippen molar-refractivity contribution >= 4 is 34.8 Å². The van der Waals surface area contributed by atoms with Crippen LogP contribution in [0.4, 0.5) is 4.79 Å². The van der Waals surface area contributed by atoms with Crippen LogP contribution in [0.15, 0.2) is 88.1 Å². The van der Waals surface area contributed by atoms with Crippen molar-refractivity contribution < 1.29 is 23.5 Å². The molecule has 8 heteroatoms. The molecule has 7 nitrogen and oxygen atoms in total. The molecule has 1 atom stereocenters. The largest absolute Gasteiger partial charge is 0.445 e. The summed E-state index contributed by atoms with van der Waals surface area (Å²) in [5.41, 5.74) is 2.79. The van der Waals surface area contributed by atoms with Crippen LogP contribution in [0.25, 0.3) is 22.1 Å². The Hall–Kier alpha value is -4.04. The molecular weight excluding hydrogens is 490 g/mol. The maximum absolute atomic E-state index is 13.1. The molecule has 1 amide bonds. The second-order valence-electron chi connectivity index (χ2n) is 8.37. The van der Waals surface area contributed by atoms with E-state index in [9.17, 15) is 14.4 Å². The average molecular weight is 518 g/mol. The molecule has 0 radical (unpaired) electrons. The molecule has 4 rings (SSSR count). The van der Waals surface area contributed by atoms with Gasteiger partial charge in [0.05, 0.1) is 0 Å². The highest BCUT2D eigenvalue weighted by atomic mass is 32.2. The maximum atomic E-state index is 13.1. The minimum Gasteiger partial charge on any atom is -0.445 e. The molecule has 0 aliphatic heterocycles. The number of hydrogen-bond acceptors (Lipinski definition) is 7. The quantitative estimate of drug-likeness (QED) is 0.172. The molecule has 1 heterocycles. The van der Waals surface area contributed by atoms with Crippen molar-refractivity contribution in [3.8, 4) is 16.9 Å². The molecule has 0 aliphatic rings. The van der Waals surface area contributed by atoms with Crippen LogP contribution in [-0.2, 0) is 16.1 Å². The Balaban J connectivity index is 1.53. The first kappa shape index (κ1) is 26.0.